The molecule has 0 aromatic heterocycles. The van der Waals surface area contributed by atoms with Gasteiger partial charge < -0.3 is 10.1 Å². The van der Waals surface area contributed by atoms with E-state index in [0.29, 0.717) is 0 Å². The van der Waals surface area contributed by atoms with E-state index in [1.165, 1.54) is 40.7 Å². The van der Waals surface area contributed by atoms with Crippen LogP contribution in [0.15, 0.2) is 36.4 Å². The third-order valence-electron chi connectivity index (χ3n) is 4.46. The number of nitrogens with one attached hydrogen (secondary N) is 1. The number of aryl methyl sites for hydroxylation is 1. The highest BCUT2D eigenvalue weighted by molar-refractivity contribution is 5.69. The number of ether oxygens (including phenoxy) is 1. The van der Waals surface area contributed by atoms with Crippen molar-refractivity contribution in [1.29, 1.82) is 0 Å². The second-order valence-electron chi connectivity index (χ2n) is 6.23. The molecule has 1 aliphatic heterocycles. The Hall–Kier alpha value is -1.80. The summed E-state index contributed by atoms with van der Waals surface area (Å²) < 4.78 is 5.59. The maximum Gasteiger partial charge on any atom is 0.122 e. The van der Waals surface area contributed by atoms with Crippen molar-refractivity contribution < 1.29 is 4.74 Å². The first-order valence-corrected chi connectivity index (χ1v) is 7.88. The van der Waals surface area contributed by atoms with Crippen LogP contribution in [0.1, 0.15) is 29.5 Å². The molecule has 1 aliphatic carbocycles. The number of benzene rings is 2. The smallest absolute Gasteiger partial charge is 0.122 e. The van der Waals surface area contributed by atoms with Crippen molar-refractivity contribution in [2.24, 2.45) is 0 Å². The minimum Gasteiger partial charge on any atom is -0.493 e. The first-order valence-electron chi connectivity index (χ1n) is 7.88. The average Bonchev–Trinajstić information content (AvgIpc) is 3.21. The number of hydrogen-bond donors (Lipinski definition) is 1. The zero-order valence-corrected chi connectivity index (χ0v) is 12.5. The molecule has 1 heterocycles. The molecule has 0 atom stereocenters. The van der Waals surface area contributed by atoms with E-state index in [0.717, 1.165) is 31.4 Å². The molecule has 2 aromatic rings. The van der Waals surface area contributed by atoms with Crippen molar-refractivity contribution in [2.45, 2.75) is 38.8 Å². The van der Waals surface area contributed by atoms with Crippen molar-refractivity contribution in [2.75, 3.05) is 6.61 Å². The average molecular weight is 279 g/mol. The Bertz CT molecular complexity index is 673. The molecule has 0 amide bonds. The Balaban J connectivity index is 1.59. The Kier molecular flexibility index (Phi) is 3.19. The lowest BCUT2D eigenvalue weighted by Crippen LogP contribution is -2.15. The molecule has 21 heavy (non-hydrogen) atoms. The summed E-state index contributed by atoms with van der Waals surface area (Å²) in [4.78, 5) is 0. The van der Waals surface area contributed by atoms with E-state index >= 15 is 0 Å². The molecular formula is C19H21NO. The molecule has 0 saturated heterocycles. The van der Waals surface area contributed by atoms with Crippen LogP contribution in [0.3, 0.4) is 0 Å². The predicted octanol–water partition coefficient (Wildman–Crippen LogP) is 3.85. The summed E-state index contributed by atoms with van der Waals surface area (Å²) in [6.07, 6.45) is 3.72. The lowest BCUT2D eigenvalue weighted by molar-refractivity contribution is 0.357. The van der Waals surface area contributed by atoms with Crippen molar-refractivity contribution in [3.63, 3.8) is 0 Å². The molecule has 1 N–H and O–H groups in total. The van der Waals surface area contributed by atoms with Crippen LogP contribution in [-0.2, 0) is 13.0 Å². The van der Waals surface area contributed by atoms with Gasteiger partial charge in [0, 0.05) is 19.0 Å². The molecule has 0 spiro atoms. The molecule has 1 fully saturated rings. The summed E-state index contributed by atoms with van der Waals surface area (Å²) >= 11 is 0. The quantitative estimate of drug-likeness (QED) is 0.918. The topological polar surface area (TPSA) is 21.3 Å². The number of rotatable bonds is 4. The fraction of sp³-hybridized carbons (Fsp3) is 0.368. The molecule has 2 heteroatoms. The van der Waals surface area contributed by atoms with Crippen LogP contribution in [0.2, 0.25) is 0 Å². The Morgan fingerprint density at radius 1 is 1.14 bits per heavy atom. The number of hydrogen-bond acceptors (Lipinski definition) is 2. The number of fused-ring (bicyclic) bond motifs is 1. The van der Waals surface area contributed by atoms with Crippen LogP contribution < -0.4 is 10.1 Å². The van der Waals surface area contributed by atoms with Gasteiger partial charge in [0.25, 0.3) is 0 Å². The zero-order chi connectivity index (χ0) is 14.2. The fourth-order valence-corrected chi connectivity index (χ4v) is 3.06. The van der Waals surface area contributed by atoms with Gasteiger partial charge in [-0.1, -0.05) is 24.3 Å². The normalized spacial score (nSPS) is 16.6. The maximum atomic E-state index is 5.59. The lowest BCUT2D eigenvalue weighted by atomic mass is 9.96. The second-order valence-corrected chi connectivity index (χ2v) is 6.23. The van der Waals surface area contributed by atoms with Crippen LogP contribution in [0.25, 0.3) is 11.1 Å². The van der Waals surface area contributed by atoms with Gasteiger partial charge in [0.2, 0.25) is 0 Å². The van der Waals surface area contributed by atoms with Gasteiger partial charge in [-0.2, -0.15) is 0 Å². The van der Waals surface area contributed by atoms with Crippen LogP contribution >= 0.6 is 0 Å². The molecule has 1 saturated carbocycles. The van der Waals surface area contributed by atoms with E-state index < -0.39 is 0 Å². The third-order valence-corrected chi connectivity index (χ3v) is 4.46. The molecule has 0 radical (unpaired) electrons. The summed E-state index contributed by atoms with van der Waals surface area (Å²) in [5.41, 5.74) is 6.71. The van der Waals surface area contributed by atoms with Crippen molar-refractivity contribution >= 4 is 0 Å². The van der Waals surface area contributed by atoms with E-state index in [-0.39, 0.29) is 0 Å². The van der Waals surface area contributed by atoms with E-state index in [4.69, 9.17) is 4.74 Å². The standard InChI is InChI=1S/C19H21NO/c1-13-10-14(12-20-17-4-5-17)2-6-18(13)15-3-7-19-16(11-15)8-9-21-19/h2-3,6-7,10-11,17,20H,4-5,8-9,12H2,1H3. The minimum absolute atomic E-state index is 0.765. The van der Waals surface area contributed by atoms with Crippen LogP contribution in [-0.4, -0.2) is 12.6 Å². The van der Waals surface area contributed by atoms with Gasteiger partial charge in [0.05, 0.1) is 6.61 Å². The molecule has 0 bridgehead atoms. The highest BCUT2D eigenvalue weighted by atomic mass is 16.5. The van der Waals surface area contributed by atoms with Gasteiger partial charge in [-0.25, -0.2) is 0 Å². The van der Waals surface area contributed by atoms with E-state index in [9.17, 15) is 0 Å². The third kappa shape index (κ3) is 2.68. The molecule has 2 aromatic carbocycles. The maximum absolute atomic E-state index is 5.59. The van der Waals surface area contributed by atoms with Crippen molar-refractivity contribution in [3.05, 3.63) is 53.1 Å². The van der Waals surface area contributed by atoms with Gasteiger partial charge in [0.1, 0.15) is 5.75 Å². The molecule has 4 rings (SSSR count). The van der Waals surface area contributed by atoms with E-state index in [2.05, 4.69) is 48.6 Å². The first-order chi connectivity index (χ1) is 10.3. The Morgan fingerprint density at radius 3 is 2.86 bits per heavy atom. The van der Waals surface area contributed by atoms with Crippen molar-refractivity contribution in [1.82, 2.24) is 5.32 Å². The fourth-order valence-electron chi connectivity index (χ4n) is 3.06. The Labute approximate surface area is 126 Å². The summed E-state index contributed by atoms with van der Waals surface area (Å²) in [5, 5.41) is 3.58. The summed E-state index contributed by atoms with van der Waals surface area (Å²) in [5.74, 6) is 1.06. The van der Waals surface area contributed by atoms with Crippen LogP contribution in [0, 0.1) is 6.92 Å². The van der Waals surface area contributed by atoms with Crippen molar-refractivity contribution in [3.8, 4) is 16.9 Å². The van der Waals surface area contributed by atoms with Gasteiger partial charge in [-0.3, -0.25) is 0 Å². The molecule has 2 nitrogen and oxygen atoms in total. The molecule has 108 valence electrons. The van der Waals surface area contributed by atoms with Gasteiger partial charge >= 0.3 is 0 Å². The highest BCUT2D eigenvalue weighted by Gasteiger charge is 2.20. The molecule has 0 unspecified atom stereocenters. The highest BCUT2D eigenvalue weighted by Crippen LogP contribution is 2.32. The van der Waals surface area contributed by atoms with E-state index in [1.54, 1.807) is 0 Å². The molecule has 2 aliphatic rings. The monoisotopic (exact) mass is 279 g/mol. The zero-order valence-electron chi connectivity index (χ0n) is 12.5. The largest absolute Gasteiger partial charge is 0.493 e. The predicted molar refractivity (Wildman–Crippen MR) is 85.7 cm³/mol. The van der Waals surface area contributed by atoms with Crippen LogP contribution in [0.4, 0.5) is 0 Å². The first kappa shape index (κ1) is 12.9. The molecular weight excluding hydrogens is 258 g/mol. The summed E-state index contributed by atoms with van der Waals surface area (Å²) in [7, 11) is 0. The lowest BCUT2D eigenvalue weighted by Gasteiger charge is -2.11. The SMILES string of the molecule is Cc1cc(CNC2CC2)ccc1-c1ccc2c(c1)CCO2. The van der Waals surface area contributed by atoms with Crippen LogP contribution in [0.5, 0.6) is 5.75 Å². The Morgan fingerprint density at radius 2 is 2.05 bits per heavy atom. The summed E-state index contributed by atoms with van der Waals surface area (Å²) in [6.45, 7) is 4.02. The summed E-state index contributed by atoms with van der Waals surface area (Å²) in [6, 6.07) is 14.2. The van der Waals surface area contributed by atoms with Gasteiger partial charge in [0.15, 0.2) is 0 Å². The van der Waals surface area contributed by atoms with Gasteiger partial charge in [-0.15, -0.1) is 0 Å². The second kappa shape index (κ2) is 5.19. The van der Waals surface area contributed by atoms with E-state index in [1.807, 2.05) is 0 Å². The minimum atomic E-state index is 0.765. The van der Waals surface area contributed by atoms with Gasteiger partial charge in [-0.05, 0) is 59.7 Å².